The predicted molar refractivity (Wildman–Crippen MR) is 90.4 cm³/mol. The van der Waals surface area contributed by atoms with E-state index in [0.29, 0.717) is 12.1 Å². The summed E-state index contributed by atoms with van der Waals surface area (Å²) in [4.78, 5) is 4.65. The molecule has 1 aromatic rings. The Labute approximate surface area is 131 Å². The Bertz CT molecular complexity index is 509. The lowest BCUT2D eigenvalue weighted by atomic mass is 9.83. The van der Waals surface area contributed by atoms with E-state index in [1.165, 1.54) is 43.4 Å². The molecule has 1 aliphatic heterocycles. The minimum atomic E-state index is 0.346. The van der Waals surface area contributed by atoms with E-state index >= 15 is 0 Å². The summed E-state index contributed by atoms with van der Waals surface area (Å²) in [5, 5.41) is 4.79. The van der Waals surface area contributed by atoms with E-state index in [2.05, 4.69) is 29.4 Å². The van der Waals surface area contributed by atoms with E-state index in [1.54, 1.807) is 0 Å². The van der Waals surface area contributed by atoms with Crippen LogP contribution in [0.15, 0.2) is 29.3 Å². The first-order chi connectivity index (χ1) is 10.3. The Balaban J connectivity index is 1.44. The first-order valence-corrected chi connectivity index (χ1v) is 8.89. The van der Waals surface area contributed by atoms with Crippen LogP contribution in [0.1, 0.15) is 37.7 Å². The maximum atomic E-state index is 5.74. The maximum Gasteiger partial charge on any atom is 0.157 e. The van der Waals surface area contributed by atoms with Gasteiger partial charge in [-0.2, -0.15) is 0 Å². The number of thioether (sulfide) groups is 1. The smallest absolute Gasteiger partial charge is 0.157 e. The Morgan fingerprint density at radius 2 is 2.14 bits per heavy atom. The van der Waals surface area contributed by atoms with E-state index in [4.69, 9.17) is 4.74 Å². The summed E-state index contributed by atoms with van der Waals surface area (Å²) in [5.74, 6) is 2.12. The molecule has 1 aromatic carbocycles. The summed E-state index contributed by atoms with van der Waals surface area (Å²) in [5.41, 5.74) is 1.57. The zero-order valence-electron chi connectivity index (χ0n) is 12.7. The molecule has 0 unspecified atom stereocenters. The van der Waals surface area contributed by atoms with Gasteiger partial charge in [-0.05, 0) is 37.5 Å². The molecule has 4 heteroatoms. The van der Waals surface area contributed by atoms with Crippen LogP contribution in [-0.2, 0) is 0 Å². The molecule has 0 aromatic heterocycles. The summed E-state index contributed by atoms with van der Waals surface area (Å²) in [6.07, 6.45) is 6.72. The van der Waals surface area contributed by atoms with Crippen LogP contribution in [0, 0.1) is 6.92 Å². The molecule has 0 bridgehead atoms. The van der Waals surface area contributed by atoms with E-state index in [1.807, 2.05) is 23.9 Å². The third-order valence-corrected chi connectivity index (χ3v) is 5.47. The molecule has 1 heterocycles. The van der Waals surface area contributed by atoms with E-state index in [-0.39, 0.29) is 0 Å². The van der Waals surface area contributed by atoms with Crippen molar-refractivity contribution in [1.29, 1.82) is 0 Å². The lowest BCUT2D eigenvalue weighted by Gasteiger charge is -2.32. The molecule has 3 rings (SSSR count). The number of hydrogen-bond donors (Lipinski definition) is 1. The highest BCUT2D eigenvalue weighted by molar-refractivity contribution is 8.14. The molecule has 21 heavy (non-hydrogen) atoms. The predicted octanol–water partition coefficient (Wildman–Crippen LogP) is 3.77. The van der Waals surface area contributed by atoms with Crippen LogP contribution in [0.25, 0.3) is 0 Å². The number of rotatable bonds is 4. The van der Waals surface area contributed by atoms with Gasteiger partial charge in [0.15, 0.2) is 5.17 Å². The van der Waals surface area contributed by atoms with Crippen molar-refractivity contribution in [3.63, 3.8) is 0 Å². The fourth-order valence-corrected chi connectivity index (χ4v) is 4.35. The van der Waals surface area contributed by atoms with Gasteiger partial charge in [0.2, 0.25) is 0 Å². The van der Waals surface area contributed by atoms with Gasteiger partial charge in [0.25, 0.3) is 0 Å². The summed E-state index contributed by atoms with van der Waals surface area (Å²) in [7, 11) is 0. The highest BCUT2D eigenvalue weighted by atomic mass is 32.2. The van der Waals surface area contributed by atoms with Gasteiger partial charge in [0.05, 0.1) is 6.54 Å². The second-order valence-electron chi connectivity index (χ2n) is 6.11. The molecule has 114 valence electrons. The quantitative estimate of drug-likeness (QED) is 0.860. The number of nitrogens with one attached hydrogen (secondary N) is 1. The second-order valence-corrected chi connectivity index (χ2v) is 7.07. The third kappa shape index (κ3) is 3.94. The minimum absolute atomic E-state index is 0.346. The summed E-state index contributed by atoms with van der Waals surface area (Å²) in [6.45, 7) is 3.44. The van der Waals surface area contributed by atoms with Crippen LogP contribution < -0.4 is 10.1 Å². The van der Waals surface area contributed by atoms with Gasteiger partial charge in [0, 0.05) is 11.3 Å². The lowest BCUT2D eigenvalue weighted by molar-refractivity contribution is 0.303. The minimum Gasteiger partial charge on any atom is -0.492 e. The van der Waals surface area contributed by atoms with Gasteiger partial charge in [-0.15, -0.1) is 0 Å². The zero-order valence-corrected chi connectivity index (χ0v) is 13.5. The average Bonchev–Trinajstić information content (AvgIpc) is 2.87. The highest BCUT2D eigenvalue weighted by Gasteiger charge is 2.37. The molecule has 1 N–H and O–H groups in total. The SMILES string of the molecule is Cc1cccc(OCCN=C2NC3(CCCCC3)CS2)c1. The number of benzene rings is 1. The summed E-state index contributed by atoms with van der Waals surface area (Å²) in [6, 6.07) is 8.17. The monoisotopic (exact) mass is 304 g/mol. The second kappa shape index (κ2) is 6.73. The van der Waals surface area contributed by atoms with Crippen LogP contribution in [0.2, 0.25) is 0 Å². The Morgan fingerprint density at radius 3 is 2.95 bits per heavy atom. The van der Waals surface area contributed by atoms with Gasteiger partial charge in [0.1, 0.15) is 12.4 Å². The molecule has 0 amide bonds. The van der Waals surface area contributed by atoms with Crippen molar-refractivity contribution in [3.05, 3.63) is 29.8 Å². The van der Waals surface area contributed by atoms with Crippen molar-refractivity contribution in [3.8, 4) is 5.75 Å². The number of amidine groups is 1. The van der Waals surface area contributed by atoms with Crippen LogP contribution in [0.3, 0.4) is 0 Å². The Morgan fingerprint density at radius 1 is 1.29 bits per heavy atom. The van der Waals surface area contributed by atoms with Gasteiger partial charge in [-0.3, -0.25) is 4.99 Å². The number of ether oxygens (including phenoxy) is 1. The largest absolute Gasteiger partial charge is 0.492 e. The Hall–Kier alpha value is -1.16. The average molecular weight is 304 g/mol. The van der Waals surface area contributed by atoms with E-state index < -0.39 is 0 Å². The fourth-order valence-electron chi connectivity index (χ4n) is 3.10. The van der Waals surface area contributed by atoms with Crippen LogP contribution >= 0.6 is 11.8 Å². The Kier molecular flexibility index (Phi) is 4.73. The van der Waals surface area contributed by atoms with E-state index in [9.17, 15) is 0 Å². The van der Waals surface area contributed by atoms with Crippen LogP contribution in [-0.4, -0.2) is 29.6 Å². The number of nitrogens with zero attached hydrogens (tertiary/aromatic N) is 1. The molecule has 2 fully saturated rings. The molecule has 1 saturated carbocycles. The van der Waals surface area contributed by atoms with Crippen LogP contribution in [0.5, 0.6) is 5.75 Å². The maximum absolute atomic E-state index is 5.74. The summed E-state index contributed by atoms with van der Waals surface area (Å²) < 4.78 is 5.74. The van der Waals surface area contributed by atoms with E-state index in [0.717, 1.165) is 17.5 Å². The number of hydrogen-bond acceptors (Lipinski definition) is 3. The molecule has 2 aliphatic rings. The van der Waals surface area contributed by atoms with Crippen molar-refractivity contribution in [2.45, 2.75) is 44.6 Å². The molecule has 0 radical (unpaired) electrons. The van der Waals surface area contributed by atoms with Crippen molar-refractivity contribution in [2.75, 3.05) is 18.9 Å². The standard InChI is InChI=1S/C17H24N2OS/c1-14-6-5-7-15(12-14)20-11-10-18-16-19-17(13-21-16)8-3-2-4-9-17/h5-7,12H,2-4,8-11,13H2,1H3,(H,18,19). The molecule has 0 atom stereocenters. The number of aliphatic imine (C=N–C) groups is 1. The molecule has 3 nitrogen and oxygen atoms in total. The van der Waals surface area contributed by atoms with Crippen molar-refractivity contribution in [1.82, 2.24) is 5.32 Å². The first kappa shape index (κ1) is 14.8. The van der Waals surface area contributed by atoms with Crippen molar-refractivity contribution >= 4 is 16.9 Å². The fraction of sp³-hybridized carbons (Fsp3) is 0.588. The van der Waals surface area contributed by atoms with Gasteiger partial charge < -0.3 is 10.1 Å². The third-order valence-electron chi connectivity index (χ3n) is 4.27. The molecular formula is C17H24N2OS. The lowest BCUT2D eigenvalue weighted by Crippen LogP contribution is -2.45. The van der Waals surface area contributed by atoms with Crippen LogP contribution in [0.4, 0.5) is 0 Å². The first-order valence-electron chi connectivity index (χ1n) is 7.91. The molecule has 1 spiro atoms. The highest BCUT2D eigenvalue weighted by Crippen LogP contribution is 2.36. The normalized spacial score (nSPS) is 22.4. The zero-order chi connectivity index (χ0) is 14.5. The van der Waals surface area contributed by atoms with Gasteiger partial charge >= 0.3 is 0 Å². The molecule has 1 aliphatic carbocycles. The van der Waals surface area contributed by atoms with Crippen molar-refractivity contribution < 1.29 is 4.74 Å². The van der Waals surface area contributed by atoms with Gasteiger partial charge in [-0.1, -0.05) is 43.2 Å². The topological polar surface area (TPSA) is 33.6 Å². The van der Waals surface area contributed by atoms with Gasteiger partial charge in [-0.25, -0.2) is 0 Å². The molecular weight excluding hydrogens is 280 g/mol. The number of aryl methyl sites for hydroxylation is 1. The summed E-state index contributed by atoms with van der Waals surface area (Å²) >= 11 is 1.88. The van der Waals surface area contributed by atoms with Crippen molar-refractivity contribution in [2.24, 2.45) is 4.99 Å². The molecule has 1 saturated heterocycles.